The maximum Gasteiger partial charge on any atom is 0.234 e. The highest BCUT2D eigenvalue weighted by atomic mass is 16.5. The molecule has 21 heavy (non-hydrogen) atoms. The van der Waals surface area contributed by atoms with E-state index in [0.29, 0.717) is 26.3 Å². The van der Waals surface area contributed by atoms with Gasteiger partial charge in [0.05, 0.1) is 13.2 Å². The second-order valence-electron chi connectivity index (χ2n) is 5.80. The van der Waals surface area contributed by atoms with Gasteiger partial charge in [-0.15, -0.1) is 0 Å². The number of benzene rings is 1. The lowest BCUT2D eigenvalue weighted by molar-refractivity contribution is -0.121. The summed E-state index contributed by atoms with van der Waals surface area (Å²) in [7, 11) is 0. The van der Waals surface area contributed by atoms with E-state index in [1.165, 1.54) is 11.1 Å². The molecule has 4 nitrogen and oxygen atoms in total. The molecule has 0 aliphatic heterocycles. The number of carbonyl (C=O) groups is 1. The van der Waals surface area contributed by atoms with Crippen LogP contribution in [0.2, 0.25) is 0 Å². The van der Waals surface area contributed by atoms with Crippen LogP contribution in [0.25, 0.3) is 0 Å². The first kappa shape index (κ1) is 17.7. The average Bonchev–Trinajstić information content (AvgIpc) is 2.45. The number of hydrogen-bond acceptors (Lipinski definition) is 3. The van der Waals surface area contributed by atoms with Crippen LogP contribution in [-0.2, 0) is 22.7 Å². The summed E-state index contributed by atoms with van der Waals surface area (Å²) >= 11 is 0. The number of rotatable bonds is 9. The Hall–Kier alpha value is -1.39. The van der Waals surface area contributed by atoms with Crippen LogP contribution in [-0.4, -0.2) is 24.6 Å². The predicted molar refractivity (Wildman–Crippen MR) is 86.0 cm³/mol. The van der Waals surface area contributed by atoms with E-state index in [-0.39, 0.29) is 11.4 Å². The van der Waals surface area contributed by atoms with Crippen molar-refractivity contribution in [3.8, 4) is 0 Å². The van der Waals surface area contributed by atoms with Gasteiger partial charge >= 0.3 is 0 Å². The van der Waals surface area contributed by atoms with E-state index in [0.717, 1.165) is 6.42 Å². The molecule has 0 aliphatic rings. The van der Waals surface area contributed by atoms with Crippen molar-refractivity contribution in [1.29, 1.82) is 0 Å². The lowest BCUT2D eigenvalue weighted by Gasteiger charge is -2.24. The number of amides is 1. The van der Waals surface area contributed by atoms with Crippen LogP contribution in [0.4, 0.5) is 0 Å². The van der Waals surface area contributed by atoms with Crippen LogP contribution in [0.5, 0.6) is 0 Å². The topological polar surface area (TPSA) is 50.4 Å². The van der Waals surface area contributed by atoms with Crippen LogP contribution in [0, 0.1) is 0 Å². The van der Waals surface area contributed by atoms with Crippen LogP contribution in [0.3, 0.4) is 0 Å². The Morgan fingerprint density at radius 1 is 1.19 bits per heavy atom. The summed E-state index contributed by atoms with van der Waals surface area (Å²) < 4.78 is 5.46. The molecule has 1 amide bonds. The van der Waals surface area contributed by atoms with Gasteiger partial charge in [-0.25, -0.2) is 0 Å². The molecule has 0 spiro atoms. The van der Waals surface area contributed by atoms with Gasteiger partial charge in [-0.2, -0.15) is 0 Å². The van der Waals surface area contributed by atoms with E-state index in [4.69, 9.17) is 4.74 Å². The monoisotopic (exact) mass is 292 g/mol. The molecule has 0 heterocycles. The van der Waals surface area contributed by atoms with Gasteiger partial charge in [-0.3, -0.25) is 4.79 Å². The Bertz CT molecular complexity index is 444. The van der Waals surface area contributed by atoms with Gasteiger partial charge in [0, 0.05) is 18.7 Å². The quantitative estimate of drug-likeness (QED) is 0.735. The van der Waals surface area contributed by atoms with Gasteiger partial charge < -0.3 is 15.4 Å². The third-order valence-electron chi connectivity index (χ3n) is 3.54. The minimum absolute atomic E-state index is 0.0316. The highest BCUT2D eigenvalue weighted by Crippen LogP contribution is 2.10. The van der Waals surface area contributed by atoms with Gasteiger partial charge in [0.15, 0.2) is 0 Å². The average molecular weight is 292 g/mol. The molecule has 0 unspecified atom stereocenters. The van der Waals surface area contributed by atoms with Gasteiger partial charge in [0.1, 0.15) is 0 Å². The molecule has 0 radical (unpaired) electrons. The smallest absolute Gasteiger partial charge is 0.234 e. The summed E-state index contributed by atoms with van der Waals surface area (Å²) in [6, 6.07) is 8.14. The summed E-state index contributed by atoms with van der Waals surface area (Å²) in [5.74, 6) is 0.0316. The van der Waals surface area contributed by atoms with Crippen molar-refractivity contribution in [3.05, 3.63) is 35.4 Å². The van der Waals surface area contributed by atoms with E-state index in [1.54, 1.807) is 0 Å². The Labute approximate surface area is 128 Å². The largest absolute Gasteiger partial charge is 0.377 e. The van der Waals surface area contributed by atoms with Crippen molar-refractivity contribution in [2.45, 2.75) is 52.8 Å². The molecule has 1 aromatic carbocycles. The molecule has 0 bridgehead atoms. The third-order valence-corrected chi connectivity index (χ3v) is 3.54. The van der Waals surface area contributed by atoms with Crippen molar-refractivity contribution in [2.75, 3.05) is 13.2 Å². The molecule has 1 aromatic rings. The molecule has 1 rings (SSSR count). The highest BCUT2D eigenvalue weighted by Gasteiger charge is 2.17. The van der Waals surface area contributed by atoms with Crippen LogP contribution < -0.4 is 10.6 Å². The van der Waals surface area contributed by atoms with E-state index in [2.05, 4.69) is 29.7 Å². The van der Waals surface area contributed by atoms with Crippen molar-refractivity contribution in [1.82, 2.24) is 10.6 Å². The molecule has 0 fully saturated rings. The number of hydrogen-bond donors (Lipinski definition) is 2. The van der Waals surface area contributed by atoms with Crippen molar-refractivity contribution >= 4 is 5.91 Å². The molecule has 2 N–H and O–H groups in total. The second-order valence-corrected chi connectivity index (χ2v) is 5.80. The van der Waals surface area contributed by atoms with Gasteiger partial charge in [-0.1, -0.05) is 31.2 Å². The molecule has 0 atom stereocenters. The fraction of sp³-hybridized carbons (Fsp3) is 0.588. The lowest BCUT2D eigenvalue weighted by Crippen LogP contribution is -2.46. The lowest BCUT2D eigenvalue weighted by atomic mass is 10.0. The number of nitrogens with one attached hydrogen (secondary N) is 2. The first-order chi connectivity index (χ1) is 9.98. The first-order valence-electron chi connectivity index (χ1n) is 7.64. The van der Waals surface area contributed by atoms with Gasteiger partial charge in [-0.05, 0) is 38.3 Å². The van der Waals surface area contributed by atoms with Crippen molar-refractivity contribution in [2.24, 2.45) is 0 Å². The zero-order valence-corrected chi connectivity index (χ0v) is 13.7. The van der Waals surface area contributed by atoms with Crippen LogP contribution in [0.1, 0.15) is 45.2 Å². The molecule has 0 saturated carbocycles. The zero-order valence-electron chi connectivity index (χ0n) is 13.7. The fourth-order valence-corrected chi connectivity index (χ4v) is 1.90. The van der Waals surface area contributed by atoms with Crippen LogP contribution in [0.15, 0.2) is 24.3 Å². The zero-order chi connectivity index (χ0) is 15.7. The standard InChI is InChI=1S/C17H28N2O2/c1-5-17(3,4)19-16(20)12-18-11-14-9-7-8-10-15(14)13-21-6-2/h7-10,18H,5-6,11-13H2,1-4H3,(H,19,20). The van der Waals surface area contributed by atoms with Gasteiger partial charge in [0.25, 0.3) is 0 Å². The minimum Gasteiger partial charge on any atom is -0.377 e. The van der Waals surface area contributed by atoms with Gasteiger partial charge in [0.2, 0.25) is 5.91 Å². The maximum absolute atomic E-state index is 11.9. The molecular weight excluding hydrogens is 264 g/mol. The van der Waals surface area contributed by atoms with Crippen LogP contribution >= 0.6 is 0 Å². The summed E-state index contributed by atoms with van der Waals surface area (Å²) in [6.45, 7) is 10.4. The van der Waals surface area contributed by atoms with E-state index < -0.39 is 0 Å². The van der Waals surface area contributed by atoms with E-state index in [9.17, 15) is 4.79 Å². The Balaban J connectivity index is 2.43. The Morgan fingerprint density at radius 2 is 1.86 bits per heavy atom. The molecule has 4 heteroatoms. The molecular formula is C17H28N2O2. The summed E-state index contributed by atoms with van der Waals surface area (Å²) in [5, 5.41) is 6.21. The maximum atomic E-state index is 11.9. The van der Waals surface area contributed by atoms with Crippen molar-refractivity contribution < 1.29 is 9.53 Å². The summed E-state index contributed by atoms with van der Waals surface area (Å²) in [5.41, 5.74) is 2.20. The minimum atomic E-state index is -0.147. The molecule has 0 saturated heterocycles. The molecule has 0 aromatic heterocycles. The highest BCUT2D eigenvalue weighted by molar-refractivity contribution is 5.78. The number of ether oxygens (including phenoxy) is 1. The Kier molecular flexibility index (Phi) is 7.40. The molecule has 118 valence electrons. The SMILES string of the molecule is CCOCc1ccccc1CNCC(=O)NC(C)(C)CC. The van der Waals surface area contributed by atoms with E-state index >= 15 is 0 Å². The second kappa shape index (κ2) is 8.80. The Morgan fingerprint density at radius 3 is 2.48 bits per heavy atom. The fourth-order valence-electron chi connectivity index (χ4n) is 1.90. The first-order valence-corrected chi connectivity index (χ1v) is 7.64. The normalized spacial score (nSPS) is 11.4. The summed E-state index contributed by atoms with van der Waals surface area (Å²) in [6.07, 6.45) is 0.913. The third kappa shape index (κ3) is 6.74. The number of carbonyl (C=O) groups excluding carboxylic acids is 1. The van der Waals surface area contributed by atoms with E-state index in [1.807, 2.05) is 32.9 Å². The van der Waals surface area contributed by atoms with Crippen molar-refractivity contribution in [3.63, 3.8) is 0 Å². The summed E-state index contributed by atoms with van der Waals surface area (Å²) in [4.78, 5) is 11.9. The predicted octanol–water partition coefficient (Wildman–Crippen LogP) is 2.62. The molecule has 0 aliphatic carbocycles.